The third-order valence-corrected chi connectivity index (χ3v) is 3.22. The summed E-state index contributed by atoms with van der Waals surface area (Å²) in [6.07, 6.45) is 0. The lowest BCUT2D eigenvalue weighted by Gasteiger charge is -2.15. The van der Waals surface area contributed by atoms with E-state index in [1.807, 2.05) is 12.1 Å². The van der Waals surface area contributed by atoms with Crippen LogP contribution >= 0.6 is 15.9 Å². The van der Waals surface area contributed by atoms with Gasteiger partial charge in [0, 0.05) is 24.2 Å². The van der Waals surface area contributed by atoms with Gasteiger partial charge in [-0.3, -0.25) is 0 Å². The standard InChI is InChI=1S/C13H20BrNO2/c1-11(12-5-3-4-6-13(12)14)15-7-8-17-10-9-16-2/h3-6,11,15H,7-10H2,1-2H3/t11-/m1/s1. The van der Waals surface area contributed by atoms with E-state index in [-0.39, 0.29) is 0 Å². The van der Waals surface area contributed by atoms with Gasteiger partial charge in [0.05, 0.1) is 19.8 Å². The van der Waals surface area contributed by atoms with Gasteiger partial charge in [0.2, 0.25) is 0 Å². The molecule has 96 valence electrons. The molecule has 0 spiro atoms. The van der Waals surface area contributed by atoms with Crippen LogP contribution in [0.1, 0.15) is 18.5 Å². The Hall–Kier alpha value is -0.420. The lowest BCUT2D eigenvalue weighted by molar-refractivity contribution is 0.0712. The maximum absolute atomic E-state index is 5.39. The predicted molar refractivity (Wildman–Crippen MR) is 73.3 cm³/mol. The zero-order chi connectivity index (χ0) is 12.5. The summed E-state index contributed by atoms with van der Waals surface area (Å²) < 4.78 is 11.4. The van der Waals surface area contributed by atoms with Crippen LogP contribution in [0.3, 0.4) is 0 Å². The van der Waals surface area contributed by atoms with Crippen molar-refractivity contribution in [3.63, 3.8) is 0 Å². The number of ether oxygens (including phenoxy) is 2. The molecule has 0 saturated heterocycles. The Balaban J connectivity index is 2.21. The Labute approximate surface area is 112 Å². The minimum absolute atomic E-state index is 0.316. The Morgan fingerprint density at radius 2 is 2.00 bits per heavy atom. The minimum atomic E-state index is 0.316. The van der Waals surface area contributed by atoms with Crippen molar-refractivity contribution < 1.29 is 9.47 Å². The summed E-state index contributed by atoms with van der Waals surface area (Å²) in [5.41, 5.74) is 1.27. The molecule has 1 rings (SSSR count). The highest BCUT2D eigenvalue weighted by molar-refractivity contribution is 9.10. The summed E-state index contributed by atoms with van der Waals surface area (Å²) in [5.74, 6) is 0. The van der Waals surface area contributed by atoms with Crippen molar-refractivity contribution in [2.75, 3.05) is 33.5 Å². The van der Waals surface area contributed by atoms with Crippen molar-refractivity contribution in [3.05, 3.63) is 34.3 Å². The van der Waals surface area contributed by atoms with Crippen LogP contribution in [0.2, 0.25) is 0 Å². The molecule has 1 aromatic rings. The smallest absolute Gasteiger partial charge is 0.0700 e. The van der Waals surface area contributed by atoms with Gasteiger partial charge >= 0.3 is 0 Å². The average Bonchev–Trinajstić information content (AvgIpc) is 2.34. The van der Waals surface area contributed by atoms with Crippen LogP contribution < -0.4 is 5.32 Å². The van der Waals surface area contributed by atoms with E-state index in [0.717, 1.165) is 11.0 Å². The molecule has 0 amide bonds. The quantitative estimate of drug-likeness (QED) is 0.749. The summed E-state index contributed by atoms with van der Waals surface area (Å²) in [5, 5.41) is 3.42. The van der Waals surface area contributed by atoms with Crippen molar-refractivity contribution in [2.24, 2.45) is 0 Å². The van der Waals surface area contributed by atoms with Gasteiger partial charge in [-0.15, -0.1) is 0 Å². The largest absolute Gasteiger partial charge is 0.382 e. The molecule has 1 N–H and O–H groups in total. The van der Waals surface area contributed by atoms with E-state index in [1.54, 1.807) is 7.11 Å². The molecule has 0 aliphatic rings. The van der Waals surface area contributed by atoms with Crippen LogP contribution in [0.25, 0.3) is 0 Å². The molecule has 1 aromatic carbocycles. The van der Waals surface area contributed by atoms with Crippen LogP contribution in [-0.4, -0.2) is 33.5 Å². The maximum Gasteiger partial charge on any atom is 0.0700 e. The first-order chi connectivity index (χ1) is 8.25. The van der Waals surface area contributed by atoms with Gasteiger partial charge in [0.1, 0.15) is 0 Å². The van der Waals surface area contributed by atoms with Crippen molar-refractivity contribution >= 4 is 15.9 Å². The molecule has 0 heterocycles. The van der Waals surface area contributed by atoms with Crippen LogP contribution in [0.15, 0.2) is 28.7 Å². The van der Waals surface area contributed by atoms with Gasteiger partial charge < -0.3 is 14.8 Å². The van der Waals surface area contributed by atoms with E-state index in [9.17, 15) is 0 Å². The number of halogens is 1. The fourth-order valence-electron chi connectivity index (χ4n) is 1.53. The first-order valence-corrected chi connectivity index (χ1v) is 6.59. The molecule has 0 bridgehead atoms. The molecule has 3 nitrogen and oxygen atoms in total. The Kier molecular flexibility index (Phi) is 7.44. The SMILES string of the molecule is COCCOCCN[C@H](C)c1ccccc1Br. The molecule has 0 aromatic heterocycles. The maximum atomic E-state index is 5.39. The highest BCUT2D eigenvalue weighted by atomic mass is 79.9. The van der Waals surface area contributed by atoms with E-state index >= 15 is 0 Å². The molecule has 0 saturated carbocycles. The summed E-state index contributed by atoms with van der Waals surface area (Å²) in [6, 6.07) is 8.56. The number of hydrogen-bond donors (Lipinski definition) is 1. The van der Waals surface area contributed by atoms with Crippen molar-refractivity contribution in [1.29, 1.82) is 0 Å². The van der Waals surface area contributed by atoms with Crippen LogP contribution in [0.4, 0.5) is 0 Å². The van der Waals surface area contributed by atoms with Crippen molar-refractivity contribution in [3.8, 4) is 0 Å². The Morgan fingerprint density at radius 1 is 1.24 bits per heavy atom. The predicted octanol–water partition coefficient (Wildman–Crippen LogP) is 2.76. The van der Waals surface area contributed by atoms with Gasteiger partial charge in [0.25, 0.3) is 0 Å². The summed E-state index contributed by atoms with van der Waals surface area (Å²) in [6.45, 7) is 5.00. The number of rotatable bonds is 8. The molecular formula is C13H20BrNO2. The summed E-state index contributed by atoms with van der Waals surface area (Å²) >= 11 is 3.55. The topological polar surface area (TPSA) is 30.5 Å². The summed E-state index contributed by atoms with van der Waals surface area (Å²) in [4.78, 5) is 0. The lowest BCUT2D eigenvalue weighted by Crippen LogP contribution is -2.24. The Morgan fingerprint density at radius 3 is 2.71 bits per heavy atom. The first kappa shape index (κ1) is 14.6. The molecule has 0 radical (unpaired) electrons. The second kappa shape index (κ2) is 8.64. The molecule has 1 atom stereocenters. The number of benzene rings is 1. The monoisotopic (exact) mass is 301 g/mol. The molecule has 0 aliphatic carbocycles. The number of methoxy groups -OCH3 is 1. The van der Waals surface area contributed by atoms with Crippen molar-refractivity contribution in [2.45, 2.75) is 13.0 Å². The lowest BCUT2D eigenvalue weighted by atomic mass is 10.1. The van der Waals surface area contributed by atoms with Crippen molar-refractivity contribution in [1.82, 2.24) is 5.32 Å². The fourth-order valence-corrected chi connectivity index (χ4v) is 2.16. The van der Waals surface area contributed by atoms with Gasteiger partial charge in [0.15, 0.2) is 0 Å². The third kappa shape index (κ3) is 5.64. The van der Waals surface area contributed by atoms with E-state index in [2.05, 4.69) is 40.3 Å². The molecule has 0 fully saturated rings. The third-order valence-electron chi connectivity index (χ3n) is 2.50. The molecule has 0 unspecified atom stereocenters. The van der Waals surface area contributed by atoms with E-state index in [4.69, 9.17) is 9.47 Å². The van der Waals surface area contributed by atoms with Crippen LogP contribution in [-0.2, 0) is 9.47 Å². The van der Waals surface area contributed by atoms with Gasteiger partial charge in [-0.25, -0.2) is 0 Å². The first-order valence-electron chi connectivity index (χ1n) is 5.80. The Bertz CT molecular complexity index is 320. The normalized spacial score (nSPS) is 12.6. The van der Waals surface area contributed by atoms with Gasteiger partial charge in [-0.2, -0.15) is 0 Å². The molecular weight excluding hydrogens is 282 g/mol. The molecule has 4 heteroatoms. The van der Waals surface area contributed by atoms with E-state index < -0.39 is 0 Å². The van der Waals surface area contributed by atoms with Gasteiger partial charge in [-0.1, -0.05) is 34.1 Å². The second-order valence-electron chi connectivity index (χ2n) is 3.80. The average molecular weight is 302 g/mol. The van der Waals surface area contributed by atoms with Gasteiger partial charge in [-0.05, 0) is 18.6 Å². The van der Waals surface area contributed by atoms with E-state index in [0.29, 0.717) is 25.9 Å². The fraction of sp³-hybridized carbons (Fsp3) is 0.538. The summed E-state index contributed by atoms with van der Waals surface area (Å²) in [7, 11) is 1.68. The number of hydrogen-bond acceptors (Lipinski definition) is 3. The zero-order valence-corrected chi connectivity index (χ0v) is 12.0. The number of nitrogens with one attached hydrogen (secondary N) is 1. The van der Waals surface area contributed by atoms with Crippen LogP contribution in [0, 0.1) is 0 Å². The van der Waals surface area contributed by atoms with E-state index in [1.165, 1.54) is 5.56 Å². The second-order valence-corrected chi connectivity index (χ2v) is 4.66. The zero-order valence-electron chi connectivity index (χ0n) is 10.4. The van der Waals surface area contributed by atoms with Crippen LogP contribution in [0.5, 0.6) is 0 Å². The molecule has 0 aliphatic heterocycles. The molecule has 17 heavy (non-hydrogen) atoms. The highest BCUT2D eigenvalue weighted by Crippen LogP contribution is 2.22. The highest BCUT2D eigenvalue weighted by Gasteiger charge is 2.07. The minimum Gasteiger partial charge on any atom is -0.382 e.